The average molecular weight is 384 g/mol. The molecule has 0 amide bonds. The Morgan fingerprint density at radius 1 is 1.14 bits per heavy atom. The van der Waals surface area contributed by atoms with Gasteiger partial charge in [0.25, 0.3) is 0 Å². The topological polar surface area (TPSA) is 50.7 Å². The number of nitrogens with one attached hydrogen (secondary N) is 1. The standard InChI is InChI=1S/C24H33NO3/c1-4-23(2)18-24(14-16-28-23,20-9-11-21(27-3)12-10-20)13-15-25-17-19-7-5-6-8-22(19)26/h5-12,25-26H,4,13-18H2,1-3H3/t23-,24-/m0/s1. The second-order valence-corrected chi connectivity index (χ2v) is 8.14. The monoisotopic (exact) mass is 383 g/mol. The maximum absolute atomic E-state index is 9.97. The summed E-state index contributed by atoms with van der Waals surface area (Å²) in [7, 11) is 1.70. The van der Waals surface area contributed by atoms with E-state index in [2.05, 4.69) is 43.4 Å². The Bertz CT molecular complexity index is 761. The van der Waals surface area contributed by atoms with Crippen molar-refractivity contribution in [2.45, 2.75) is 57.1 Å². The van der Waals surface area contributed by atoms with Crippen LogP contribution in [0.2, 0.25) is 0 Å². The first-order valence-electron chi connectivity index (χ1n) is 10.3. The predicted molar refractivity (Wildman–Crippen MR) is 113 cm³/mol. The van der Waals surface area contributed by atoms with Crippen LogP contribution in [0.15, 0.2) is 48.5 Å². The van der Waals surface area contributed by atoms with Crippen molar-refractivity contribution in [1.82, 2.24) is 5.32 Å². The van der Waals surface area contributed by atoms with Gasteiger partial charge in [-0.15, -0.1) is 0 Å². The van der Waals surface area contributed by atoms with Gasteiger partial charge in [0.15, 0.2) is 0 Å². The van der Waals surface area contributed by atoms with Crippen LogP contribution in [-0.4, -0.2) is 31.0 Å². The molecule has 28 heavy (non-hydrogen) atoms. The maximum Gasteiger partial charge on any atom is 0.120 e. The smallest absolute Gasteiger partial charge is 0.120 e. The Morgan fingerprint density at radius 2 is 1.89 bits per heavy atom. The molecule has 3 rings (SSSR count). The van der Waals surface area contributed by atoms with Crippen LogP contribution >= 0.6 is 0 Å². The molecule has 0 saturated carbocycles. The zero-order valence-corrected chi connectivity index (χ0v) is 17.3. The van der Waals surface area contributed by atoms with E-state index in [0.717, 1.165) is 50.1 Å². The molecule has 1 fully saturated rings. The minimum atomic E-state index is -0.0874. The van der Waals surface area contributed by atoms with Crippen LogP contribution in [0.1, 0.15) is 50.7 Å². The Hall–Kier alpha value is -2.04. The molecule has 4 nitrogen and oxygen atoms in total. The van der Waals surface area contributed by atoms with E-state index in [1.165, 1.54) is 5.56 Å². The van der Waals surface area contributed by atoms with Crippen LogP contribution in [0.3, 0.4) is 0 Å². The maximum atomic E-state index is 9.97. The van der Waals surface area contributed by atoms with Gasteiger partial charge < -0.3 is 19.9 Å². The molecule has 2 atom stereocenters. The van der Waals surface area contributed by atoms with E-state index in [-0.39, 0.29) is 11.0 Å². The van der Waals surface area contributed by atoms with Crippen molar-refractivity contribution in [2.24, 2.45) is 0 Å². The summed E-state index contributed by atoms with van der Waals surface area (Å²) in [5.41, 5.74) is 2.30. The van der Waals surface area contributed by atoms with Crippen molar-refractivity contribution >= 4 is 0 Å². The second kappa shape index (κ2) is 8.97. The minimum absolute atomic E-state index is 0.0843. The van der Waals surface area contributed by atoms with Gasteiger partial charge in [-0.25, -0.2) is 0 Å². The molecule has 1 heterocycles. The third-order valence-corrected chi connectivity index (χ3v) is 6.28. The lowest BCUT2D eigenvalue weighted by molar-refractivity contribution is -0.0979. The number of para-hydroxylation sites is 1. The van der Waals surface area contributed by atoms with Gasteiger partial charge in [-0.1, -0.05) is 37.3 Å². The molecule has 0 unspecified atom stereocenters. The van der Waals surface area contributed by atoms with Gasteiger partial charge in [-0.3, -0.25) is 0 Å². The summed E-state index contributed by atoms with van der Waals surface area (Å²) in [6.45, 7) is 6.79. The fourth-order valence-electron chi connectivity index (χ4n) is 4.33. The molecule has 1 aliphatic heterocycles. The van der Waals surface area contributed by atoms with E-state index < -0.39 is 0 Å². The second-order valence-electron chi connectivity index (χ2n) is 8.14. The molecular formula is C24H33NO3. The fourth-order valence-corrected chi connectivity index (χ4v) is 4.33. The fraction of sp³-hybridized carbons (Fsp3) is 0.500. The summed E-state index contributed by atoms with van der Waals surface area (Å²) in [5, 5.41) is 13.5. The van der Waals surface area contributed by atoms with Gasteiger partial charge in [0.1, 0.15) is 11.5 Å². The highest BCUT2D eigenvalue weighted by molar-refractivity contribution is 5.34. The van der Waals surface area contributed by atoms with Crippen molar-refractivity contribution in [3.8, 4) is 11.5 Å². The Morgan fingerprint density at radius 3 is 2.57 bits per heavy atom. The Kier molecular flexibility index (Phi) is 6.63. The van der Waals surface area contributed by atoms with Gasteiger partial charge in [0.05, 0.1) is 12.7 Å². The molecule has 0 radical (unpaired) electrons. The molecule has 152 valence electrons. The molecule has 1 aliphatic rings. The van der Waals surface area contributed by atoms with Crippen molar-refractivity contribution in [3.63, 3.8) is 0 Å². The van der Waals surface area contributed by atoms with Crippen LogP contribution in [0, 0.1) is 0 Å². The zero-order valence-electron chi connectivity index (χ0n) is 17.3. The highest BCUT2D eigenvalue weighted by atomic mass is 16.5. The van der Waals surface area contributed by atoms with Gasteiger partial charge in [0, 0.05) is 24.1 Å². The van der Waals surface area contributed by atoms with Gasteiger partial charge in [0.2, 0.25) is 0 Å². The minimum Gasteiger partial charge on any atom is -0.508 e. The van der Waals surface area contributed by atoms with Crippen LogP contribution in [0.25, 0.3) is 0 Å². The van der Waals surface area contributed by atoms with Crippen molar-refractivity contribution in [1.29, 1.82) is 0 Å². The largest absolute Gasteiger partial charge is 0.508 e. The molecule has 2 aromatic rings. The van der Waals surface area contributed by atoms with E-state index in [9.17, 15) is 5.11 Å². The molecule has 1 saturated heterocycles. The molecule has 0 spiro atoms. The van der Waals surface area contributed by atoms with Gasteiger partial charge in [-0.2, -0.15) is 0 Å². The molecule has 4 heteroatoms. The third kappa shape index (κ3) is 4.68. The summed E-state index contributed by atoms with van der Waals surface area (Å²) >= 11 is 0. The molecule has 0 aromatic heterocycles. The highest BCUT2D eigenvalue weighted by Crippen LogP contribution is 2.45. The first kappa shape index (κ1) is 20.7. The van der Waals surface area contributed by atoms with E-state index in [0.29, 0.717) is 12.3 Å². The lowest BCUT2D eigenvalue weighted by Crippen LogP contribution is -2.46. The Balaban J connectivity index is 1.73. The zero-order chi connectivity index (χ0) is 20.0. The van der Waals surface area contributed by atoms with E-state index in [4.69, 9.17) is 9.47 Å². The number of phenols is 1. The van der Waals surface area contributed by atoms with Crippen molar-refractivity contribution in [3.05, 3.63) is 59.7 Å². The molecule has 2 aromatic carbocycles. The number of phenolic OH excluding ortho intramolecular Hbond substituents is 1. The average Bonchev–Trinajstić information content (AvgIpc) is 2.72. The Labute approximate surface area is 168 Å². The normalized spacial score (nSPS) is 24.8. The van der Waals surface area contributed by atoms with Crippen LogP contribution in [0.4, 0.5) is 0 Å². The molecule has 0 bridgehead atoms. The van der Waals surface area contributed by atoms with Crippen LogP contribution in [0.5, 0.6) is 11.5 Å². The first-order chi connectivity index (χ1) is 13.5. The van der Waals surface area contributed by atoms with Crippen LogP contribution in [-0.2, 0) is 16.7 Å². The van der Waals surface area contributed by atoms with Gasteiger partial charge >= 0.3 is 0 Å². The summed E-state index contributed by atoms with van der Waals surface area (Å²) < 4.78 is 11.5. The lowest BCUT2D eigenvalue weighted by Gasteiger charge is -2.47. The first-order valence-corrected chi connectivity index (χ1v) is 10.3. The van der Waals surface area contributed by atoms with E-state index in [1.807, 2.05) is 18.2 Å². The van der Waals surface area contributed by atoms with Crippen molar-refractivity contribution in [2.75, 3.05) is 20.3 Å². The van der Waals surface area contributed by atoms with E-state index >= 15 is 0 Å². The number of methoxy groups -OCH3 is 1. The number of hydrogen-bond donors (Lipinski definition) is 2. The third-order valence-electron chi connectivity index (χ3n) is 6.28. The molecule has 0 aliphatic carbocycles. The summed E-state index contributed by atoms with van der Waals surface area (Å²) in [4.78, 5) is 0. The quantitative estimate of drug-likeness (QED) is 0.643. The predicted octanol–water partition coefficient (Wildman–Crippen LogP) is 4.80. The summed E-state index contributed by atoms with van der Waals surface area (Å²) in [5.74, 6) is 1.24. The molecular weight excluding hydrogens is 350 g/mol. The van der Waals surface area contributed by atoms with E-state index in [1.54, 1.807) is 13.2 Å². The number of hydrogen-bond acceptors (Lipinski definition) is 4. The SMILES string of the molecule is CC[C@@]1(C)C[C@@](CCNCc2ccccc2O)(c2ccc(OC)cc2)CCO1. The van der Waals surface area contributed by atoms with Crippen molar-refractivity contribution < 1.29 is 14.6 Å². The van der Waals surface area contributed by atoms with Crippen LogP contribution < -0.4 is 10.1 Å². The summed E-state index contributed by atoms with van der Waals surface area (Å²) in [6.07, 6.45) is 4.08. The highest BCUT2D eigenvalue weighted by Gasteiger charge is 2.43. The lowest BCUT2D eigenvalue weighted by atomic mass is 9.66. The van der Waals surface area contributed by atoms with Gasteiger partial charge in [-0.05, 0) is 62.9 Å². The number of ether oxygens (including phenoxy) is 2. The molecule has 2 N–H and O–H groups in total. The number of benzene rings is 2. The number of aromatic hydroxyl groups is 1. The summed E-state index contributed by atoms with van der Waals surface area (Å²) in [6, 6.07) is 16.1. The number of rotatable bonds is 8.